The zero-order valence-corrected chi connectivity index (χ0v) is 13.8. The van der Waals surface area contributed by atoms with Crippen LogP contribution in [0, 0.1) is 0 Å². The first-order valence-electron chi connectivity index (χ1n) is 7.61. The standard InChI is InChI=1S/C15H18N6O2S/c22-7-6-21-14(9-12(19-21)13-3-2-8-24-13)18-15(23)4-1-5-20-11-16-10-17-20/h2-3,8-11,22H,1,4-7H2,(H,18,23). The topological polar surface area (TPSA) is 97.9 Å². The van der Waals surface area contributed by atoms with E-state index in [0.29, 0.717) is 31.7 Å². The summed E-state index contributed by atoms with van der Waals surface area (Å²) in [4.78, 5) is 17.0. The molecule has 0 aliphatic carbocycles. The molecule has 24 heavy (non-hydrogen) atoms. The SMILES string of the molecule is O=C(CCCn1cncn1)Nc1cc(-c2cccs2)nn1CCO. The maximum Gasteiger partial charge on any atom is 0.225 e. The number of hydrogen-bond donors (Lipinski definition) is 2. The number of thiophene rings is 1. The molecule has 0 saturated carbocycles. The molecule has 0 spiro atoms. The van der Waals surface area contributed by atoms with E-state index in [1.807, 2.05) is 23.6 Å². The number of aryl methyl sites for hydroxylation is 1. The van der Waals surface area contributed by atoms with Crippen LogP contribution in [0.4, 0.5) is 5.82 Å². The molecule has 3 heterocycles. The molecule has 0 bridgehead atoms. The average molecular weight is 346 g/mol. The van der Waals surface area contributed by atoms with Crippen LogP contribution in [0.3, 0.4) is 0 Å². The van der Waals surface area contributed by atoms with Crippen LogP contribution in [0.2, 0.25) is 0 Å². The van der Waals surface area contributed by atoms with Crippen LogP contribution in [0.1, 0.15) is 12.8 Å². The van der Waals surface area contributed by atoms with Crippen molar-refractivity contribution in [3.63, 3.8) is 0 Å². The van der Waals surface area contributed by atoms with E-state index in [9.17, 15) is 9.90 Å². The number of amides is 1. The Morgan fingerprint density at radius 3 is 3.00 bits per heavy atom. The van der Waals surface area contributed by atoms with Crippen molar-refractivity contribution in [2.24, 2.45) is 0 Å². The number of aliphatic hydroxyl groups excluding tert-OH is 1. The molecule has 126 valence electrons. The van der Waals surface area contributed by atoms with Crippen LogP contribution in [-0.2, 0) is 17.9 Å². The van der Waals surface area contributed by atoms with Crippen LogP contribution in [0.5, 0.6) is 0 Å². The molecule has 0 unspecified atom stereocenters. The lowest BCUT2D eigenvalue weighted by atomic mass is 10.3. The zero-order valence-electron chi connectivity index (χ0n) is 13.0. The van der Waals surface area contributed by atoms with Crippen LogP contribution < -0.4 is 5.32 Å². The van der Waals surface area contributed by atoms with E-state index in [2.05, 4.69) is 20.5 Å². The van der Waals surface area contributed by atoms with Crippen molar-refractivity contribution >= 4 is 23.1 Å². The molecule has 9 heteroatoms. The van der Waals surface area contributed by atoms with Crippen molar-refractivity contribution in [3.8, 4) is 10.6 Å². The van der Waals surface area contributed by atoms with Gasteiger partial charge in [-0.05, 0) is 17.9 Å². The third-order valence-corrected chi connectivity index (χ3v) is 4.28. The Hall–Kier alpha value is -2.52. The number of aromatic nitrogens is 5. The summed E-state index contributed by atoms with van der Waals surface area (Å²) in [5.74, 6) is 0.505. The fourth-order valence-corrected chi connectivity index (χ4v) is 2.96. The molecule has 0 radical (unpaired) electrons. The van der Waals surface area contributed by atoms with Crippen molar-refractivity contribution in [2.75, 3.05) is 11.9 Å². The maximum absolute atomic E-state index is 12.1. The summed E-state index contributed by atoms with van der Waals surface area (Å²) < 4.78 is 3.31. The monoisotopic (exact) mass is 346 g/mol. The summed E-state index contributed by atoms with van der Waals surface area (Å²) in [7, 11) is 0. The molecule has 0 saturated heterocycles. The van der Waals surface area contributed by atoms with Gasteiger partial charge in [0.2, 0.25) is 5.91 Å². The van der Waals surface area contributed by atoms with Gasteiger partial charge in [-0.2, -0.15) is 10.2 Å². The predicted molar refractivity (Wildman–Crippen MR) is 90.5 cm³/mol. The Kier molecular flexibility index (Phi) is 5.34. The number of nitrogens with one attached hydrogen (secondary N) is 1. The minimum Gasteiger partial charge on any atom is -0.394 e. The second kappa shape index (κ2) is 7.84. The molecule has 3 aromatic heterocycles. The second-order valence-electron chi connectivity index (χ2n) is 5.15. The number of anilines is 1. The lowest BCUT2D eigenvalue weighted by Gasteiger charge is -2.07. The highest BCUT2D eigenvalue weighted by molar-refractivity contribution is 7.13. The average Bonchev–Trinajstić information content (AvgIpc) is 3.29. The number of hydrogen-bond acceptors (Lipinski definition) is 6. The van der Waals surface area contributed by atoms with Crippen LogP contribution in [0.25, 0.3) is 10.6 Å². The number of carbonyl (C=O) groups is 1. The van der Waals surface area contributed by atoms with Crippen molar-refractivity contribution < 1.29 is 9.90 Å². The van der Waals surface area contributed by atoms with E-state index in [1.54, 1.807) is 27.0 Å². The third kappa shape index (κ3) is 4.06. The van der Waals surface area contributed by atoms with E-state index >= 15 is 0 Å². The summed E-state index contributed by atoms with van der Waals surface area (Å²) in [6, 6.07) is 5.75. The second-order valence-corrected chi connectivity index (χ2v) is 6.10. The molecule has 0 aliphatic rings. The van der Waals surface area contributed by atoms with Crippen LogP contribution >= 0.6 is 11.3 Å². The van der Waals surface area contributed by atoms with Gasteiger partial charge >= 0.3 is 0 Å². The van der Waals surface area contributed by atoms with Gasteiger partial charge < -0.3 is 10.4 Å². The number of aliphatic hydroxyl groups is 1. The zero-order chi connectivity index (χ0) is 16.8. The molecule has 3 rings (SSSR count). The minimum absolute atomic E-state index is 0.0409. The van der Waals surface area contributed by atoms with E-state index < -0.39 is 0 Å². The van der Waals surface area contributed by atoms with Gasteiger partial charge in [0.1, 0.15) is 24.2 Å². The summed E-state index contributed by atoms with van der Waals surface area (Å²) in [6.45, 7) is 0.935. The van der Waals surface area contributed by atoms with E-state index in [4.69, 9.17) is 0 Å². The quantitative estimate of drug-likeness (QED) is 0.646. The van der Waals surface area contributed by atoms with Crippen molar-refractivity contribution in [1.29, 1.82) is 0 Å². The fraction of sp³-hybridized carbons (Fsp3) is 0.333. The highest BCUT2D eigenvalue weighted by Crippen LogP contribution is 2.26. The smallest absolute Gasteiger partial charge is 0.225 e. The summed E-state index contributed by atoms with van der Waals surface area (Å²) in [5.41, 5.74) is 0.788. The van der Waals surface area contributed by atoms with E-state index in [1.165, 1.54) is 6.33 Å². The Morgan fingerprint density at radius 1 is 1.38 bits per heavy atom. The molecule has 0 fully saturated rings. The normalized spacial score (nSPS) is 10.9. The Balaban J connectivity index is 1.61. The largest absolute Gasteiger partial charge is 0.394 e. The van der Waals surface area contributed by atoms with Gasteiger partial charge in [0.05, 0.1) is 18.0 Å². The lowest BCUT2D eigenvalue weighted by molar-refractivity contribution is -0.116. The highest BCUT2D eigenvalue weighted by Gasteiger charge is 2.12. The summed E-state index contributed by atoms with van der Waals surface area (Å²) in [5, 5.41) is 22.5. The third-order valence-electron chi connectivity index (χ3n) is 3.39. The first kappa shape index (κ1) is 16.3. The van der Waals surface area contributed by atoms with Crippen LogP contribution in [-0.4, -0.2) is 42.2 Å². The van der Waals surface area contributed by atoms with Gasteiger partial charge in [-0.15, -0.1) is 11.3 Å². The number of nitrogens with zero attached hydrogens (tertiary/aromatic N) is 5. The minimum atomic E-state index is -0.0908. The molecule has 0 aliphatic heterocycles. The molecule has 3 aromatic rings. The molecule has 0 aromatic carbocycles. The van der Waals surface area contributed by atoms with Crippen molar-refractivity contribution in [3.05, 3.63) is 36.2 Å². The number of carbonyl (C=O) groups excluding carboxylic acids is 1. The van der Waals surface area contributed by atoms with Gasteiger partial charge in [-0.25, -0.2) is 9.67 Å². The molecule has 1 amide bonds. The predicted octanol–water partition coefficient (Wildman–Crippen LogP) is 1.61. The maximum atomic E-state index is 12.1. The van der Waals surface area contributed by atoms with Gasteiger partial charge in [0.15, 0.2) is 0 Å². The summed E-state index contributed by atoms with van der Waals surface area (Å²) in [6.07, 6.45) is 4.14. The van der Waals surface area contributed by atoms with Crippen LogP contribution in [0.15, 0.2) is 36.2 Å². The summed E-state index contributed by atoms with van der Waals surface area (Å²) >= 11 is 1.58. The fourth-order valence-electron chi connectivity index (χ4n) is 2.28. The first-order chi connectivity index (χ1) is 11.8. The Morgan fingerprint density at radius 2 is 2.29 bits per heavy atom. The molecule has 2 N–H and O–H groups in total. The number of rotatable bonds is 8. The molecular weight excluding hydrogens is 328 g/mol. The first-order valence-corrected chi connectivity index (χ1v) is 8.49. The molecule has 0 atom stereocenters. The van der Waals surface area contributed by atoms with Crippen molar-refractivity contribution in [1.82, 2.24) is 24.5 Å². The molecule has 8 nitrogen and oxygen atoms in total. The van der Waals surface area contributed by atoms with Gasteiger partial charge in [0, 0.05) is 19.0 Å². The van der Waals surface area contributed by atoms with Gasteiger partial charge in [0.25, 0.3) is 0 Å². The highest BCUT2D eigenvalue weighted by atomic mass is 32.1. The van der Waals surface area contributed by atoms with E-state index in [-0.39, 0.29) is 12.5 Å². The Labute approximate surface area is 142 Å². The van der Waals surface area contributed by atoms with Crippen molar-refractivity contribution in [2.45, 2.75) is 25.9 Å². The van der Waals surface area contributed by atoms with E-state index in [0.717, 1.165) is 10.6 Å². The Bertz CT molecular complexity index is 766. The van der Waals surface area contributed by atoms with Gasteiger partial charge in [-0.3, -0.25) is 9.48 Å². The lowest BCUT2D eigenvalue weighted by Crippen LogP contribution is -2.17. The molecular formula is C15H18N6O2S. The van der Waals surface area contributed by atoms with Gasteiger partial charge in [-0.1, -0.05) is 6.07 Å².